The first-order chi connectivity index (χ1) is 11.1. The van der Waals surface area contributed by atoms with Gasteiger partial charge >= 0.3 is 0 Å². The quantitative estimate of drug-likeness (QED) is 0.259. The van der Waals surface area contributed by atoms with Crippen molar-refractivity contribution in [3.8, 4) is 0 Å². The Bertz CT molecular complexity index is 365. The topological polar surface area (TPSA) is 109 Å². The molecule has 1 fully saturated rings. The largest absolute Gasteiger partial charge is 0.386 e. The lowest BCUT2D eigenvalue weighted by Gasteiger charge is -2.40. The molecule has 0 aliphatic carbocycles. The van der Waals surface area contributed by atoms with Crippen LogP contribution in [0.3, 0.4) is 0 Å². The van der Waals surface area contributed by atoms with Crippen molar-refractivity contribution in [3.05, 3.63) is 10.4 Å². The standard InChI is InChI=1S/C14H28N4O5/c1-11-10-12(18(2)3)13(19)14(23-11)22-9-8-21-7-6-20-5-4-16-17-15/h11-14,19H,4-10H2,1-3H3/t11-,12+,13-,14?/m1/s1. The van der Waals surface area contributed by atoms with Gasteiger partial charge < -0.3 is 29.0 Å². The maximum absolute atomic E-state index is 10.3. The SMILES string of the molecule is C[C@@H]1C[C@H](N(C)C)[C@@H](O)C(OCCOCCOCCN=[N+]=[N-])O1. The number of aliphatic hydroxyl groups excluding tert-OH is 1. The zero-order valence-electron chi connectivity index (χ0n) is 14.1. The molecule has 0 aromatic carbocycles. The maximum Gasteiger partial charge on any atom is 0.185 e. The highest BCUT2D eigenvalue weighted by molar-refractivity contribution is 4.85. The van der Waals surface area contributed by atoms with Crippen LogP contribution in [0.4, 0.5) is 0 Å². The van der Waals surface area contributed by atoms with E-state index in [0.717, 1.165) is 6.42 Å². The second kappa shape index (κ2) is 11.6. The zero-order valence-corrected chi connectivity index (χ0v) is 14.1. The van der Waals surface area contributed by atoms with Gasteiger partial charge in [0, 0.05) is 17.5 Å². The highest BCUT2D eigenvalue weighted by Gasteiger charge is 2.37. The first-order valence-electron chi connectivity index (χ1n) is 7.84. The molecule has 0 aromatic rings. The Labute approximate surface area is 137 Å². The summed E-state index contributed by atoms with van der Waals surface area (Å²) in [4.78, 5) is 4.62. The first-order valence-corrected chi connectivity index (χ1v) is 7.84. The second-order valence-corrected chi connectivity index (χ2v) is 5.62. The molecule has 0 bridgehead atoms. The fraction of sp³-hybridized carbons (Fsp3) is 1.00. The minimum absolute atomic E-state index is 0.0224. The normalized spacial score (nSPS) is 27.9. The monoisotopic (exact) mass is 332 g/mol. The van der Waals surface area contributed by atoms with E-state index in [9.17, 15) is 5.11 Å². The molecule has 9 heteroatoms. The number of aliphatic hydroxyl groups is 1. The van der Waals surface area contributed by atoms with Crippen LogP contribution in [0.15, 0.2) is 5.11 Å². The molecule has 1 unspecified atom stereocenters. The fourth-order valence-corrected chi connectivity index (χ4v) is 2.38. The third-order valence-electron chi connectivity index (χ3n) is 3.56. The summed E-state index contributed by atoms with van der Waals surface area (Å²) in [5.74, 6) is 0. The summed E-state index contributed by atoms with van der Waals surface area (Å²) < 4.78 is 21.8. The van der Waals surface area contributed by atoms with E-state index in [4.69, 9.17) is 24.5 Å². The highest BCUT2D eigenvalue weighted by Crippen LogP contribution is 2.23. The minimum Gasteiger partial charge on any atom is -0.386 e. The zero-order chi connectivity index (χ0) is 17.1. The van der Waals surface area contributed by atoms with Crippen molar-refractivity contribution in [2.75, 3.05) is 53.7 Å². The van der Waals surface area contributed by atoms with Gasteiger partial charge in [-0.05, 0) is 33.0 Å². The summed E-state index contributed by atoms with van der Waals surface area (Å²) in [7, 11) is 3.88. The van der Waals surface area contributed by atoms with Gasteiger partial charge in [0.15, 0.2) is 6.29 Å². The van der Waals surface area contributed by atoms with Gasteiger partial charge in [0.2, 0.25) is 0 Å². The Hall–Kier alpha value is -0.930. The molecule has 1 saturated heterocycles. The van der Waals surface area contributed by atoms with Crippen LogP contribution in [0.2, 0.25) is 0 Å². The van der Waals surface area contributed by atoms with E-state index in [1.807, 2.05) is 25.9 Å². The Morgan fingerprint density at radius 1 is 1.22 bits per heavy atom. The van der Waals surface area contributed by atoms with Crippen LogP contribution < -0.4 is 0 Å². The van der Waals surface area contributed by atoms with Gasteiger partial charge in [-0.1, -0.05) is 5.11 Å². The van der Waals surface area contributed by atoms with Crippen molar-refractivity contribution in [2.24, 2.45) is 5.11 Å². The molecule has 1 N–H and O–H groups in total. The Morgan fingerprint density at radius 3 is 2.52 bits per heavy atom. The van der Waals surface area contributed by atoms with Gasteiger partial charge in [-0.25, -0.2) is 0 Å². The van der Waals surface area contributed by atoms with Gasteiger partial charge in [-0.15, -0.1) is 0 Å². The highest BCUT2D eigenvalue weighted by atomic mass is 16.7. The fourth-order valence-electron chi connectivity index (χ4n) is 2.38. The number of likely N-dealkylation sites (N-methyl/N-ethyl adjacent to an activating group) is 1. The molecule has 0 radical (unpaired) electrons. The van der Waals surface area contributed by atoms with Crippen LogP contribution in [0, 0.1) is 0 Å². The van der Waals surface area contributed by atoms with Crippen LogP contribution in [0.5, 0.6) is 0 Å². The molecule has 1 rings (SSSR count). The van der Waals surface area contributed by atoms with E-state index in [1.165, 1.54) is 0 Å². The molecule has 0 aromatic heterocycles. The molecule has 1 aliphatic rings. The van der Waals surface area contributed by atoms with Gasteiger partial charge in [-0.3, -0.25) is 0 Å². The average Bonchev–Trinajstić information content (AvgIpc) is 2.51. The third-order valence-corrected chi connectivity index (χ3v) is 3.56. The number of hydrogen-bond donors (Lipinski definition) is 1. The predicted octanol–water partition coefficient (Wildman–Crippen LogP) is 0.773. The summed E-state index contributed by atoms with van der Waals surface area (Å²) in [5, 5.41) is 13.6. The van der Waals surface area contributed by atoms with Crippen molar-refractivity contribution in [1.29, 1.82) is 0 Å². The summed E-state index contributed by atoms with van der Waals surface area (Å²) in [6, 6.07) is 0.0224. The van der Waals surface area contributed by atoms with Crippen LogP contribution >= 0.6 is 0 Å². The molecular formula is C14H28N4O5. The number of hydrogen-bond acceptors (Lipinski definition) is 7. The predicted molar refractivity (Wildman–Crippen MR) is 84.0 cm³/mol. The lowest BCUT2D eigenvalue weighted by molar-refractivity contribution is -0.255. The molecule has 1 aliphatic heterocycles. The number of rotatable bonds is 11. The Morgan fingerprint density at radius 2 is 1.87 bits per heavy atom. The van der Waals surface area contributed by atoms with E-state index >= 15 is 0 Å². The average molecular weight is 332 g/mol. The maximum atomic E-state index is 10.3. The molecule has 9 nitrogen and oxygen atoms in total. The molecule has 134 valence electrons. The Kier molecular flexibility index (Phi) is 10.1. The van der Waals surface area contributed by atoms with Gasteiger partial charge in [0.05, 0.1) is 39.1 Å². The summed E-state index contributed by atoms with van der Waals surface area (Å²) in [6.07, 6.45) is -0.487. The van der Waals surface area contributed by atoms with Crippen LogP contribution in [0.25, 0.3) is 10.4 Å². The van der Waals surface area contributed by atoms with Crippen LogP contribution in [-0.4, -0.2) is 88.2 Å². The van der Waals surface area contributed by atoms with Crippen molar-refractivity contribution < 1.29 is 24.1 Å². The van der Waals surface area contributed by atoms with Gasteiger partial charge in [-0.2, -0.15) is 0 Å². The van der Waals surface area contributed by atoms with Crippen LogP contribution in [0.1, 0.15) is 13.3 Å². The lowest BCUT2D eigenvalue weighted by atomic mass is 9.99. The first kappa shape index (κ1) is 20.1. The third kappa shape index (κ3) is 7.94. The molecule has 0 spiro atoms. The van der Waals surface area contributed by atoms with Gasteiger partial charge in [0.25, 0.3) is 0 Å². The molecule has 4 atom stereocenters. The van der Waals surface area contributed by atoms with Crippen molar-refractivity contribution in [3.63, 3.8) is 0 Å². The van der Waals surface area contributed by atoms with Crippen molar-refractivity contribution in [1.82, 2.24) is 4.90 Å². The van der Waals surface area contributed by atoms with Crippen LogP contribution in [-0.2, 0) is 18.9 Å². The summed E-state index contributed by atoms with van der Waals surface area (Å²) >= 11 is 0. The van der Waals surface area contributed by atoms with E-state index in [2.05, 4.69) is 10.0 Å². The second-order valence-electron chi connectivity index (χ2n) is 5.62. The molecule has 0 saturated carbocycles. The molecular weight excluding hydrogens is 304 g/mol. The number of ether oxygens (including phenoxy) is 4. The van der Waals surface area contributed by atoms with E-state index in [1.54, 1.807) is 0 Å². The smallest absolute Gasteiger partial charge is 0.185 e. The lowest BCUT2D eigenvalue weighted by Crippen LogP contribution is -2.54. The van der Waals surface area contributed by atoms with Gasteiger partial charge in [0.1, 0.15) is 6.10 Å². The Balaban J connectivity index is 2.09. The summed E-state index contributed by atoms with van der Waals surface area (Å²) in [6.45, 7) is 4.29. The number of azide groups is 1. The molecule has 0 amide bonds. The minimum atomic E-state index is -0.676. The molecule has 23 heavy (non-hydrogen) atoms. The summed E-state index contributed by atoms with van der Waals surface area (Å²) in [5.41, 5.74) is 8.09. The van der Waals surface area contributed by atoms with E-state index in [0.29, 0.717) is 39.6 Å². The van der Waals surface area contributed by atoms with E-state index in [-0.39, 0.29) is 12.1 Å². The number of nitrogens with zero attached hydrogens (tertiary/aromatic N) is 4. The molecule has 1 heterocycles. The van der Waals surface area contributed by atoms with E-state index < -0.39 is 12.4 Å². The van der Waals surface area contributed by atoms with Crippen molar-refractivity contribution >= 4 is 0 Å². The van der Waals surface area contributed by atoms with Crippen molar-refractivity contribution in [2.45, 2.75) is 37.9 Å².